The molecule has 1 aliphatic rings. The summed E-state index contributed by atoms with van der Waals surface area (Å²) in [5.74, 6) is -0.425. The number of hydrogen-bond donors (Lipinski definition) is 2. The molecule has 0 saturated heterocycles. The largest absolute Gasteiger partial charge is 0.352 e. The van der Waals surface area contributed by atoms with Crippen LogP contribution < -0.4 is 10.0 Å². The van der Waals surface area contributed by atoms with Crippen molar-refractivity contribution in [3.05, 3.63) is 28.8 Å². The van der Waals surface area contributed by atoms with Crippen molar-refractivity contribution in [3.8, 4) is 6.07 Å². The van der Waals surface area contributed by atoms with Gasteiger partial charge in [0.2, 0.25) is 10.0 Å². The van der Waals surface area contributed by atoms with E-state index >= 15 is 0 Å². The summed E-state index contributed by atoms with van der Waals surface area (Å²) in [6.07, 6.45) is 3.33. The van der Waals surface area contributed by atoms with Gasteiger partial charge < -0.3 is 5.32 Å². The number of carbonyl (C=O) groups is 1. The molecule has 0 atom stereocenters. The molecule has 142 valence electrons. The Hall–Kier alpha value is -1.78. The minimum atomic E-state index is -3.68. The lowest BCUT2D eigenvalue weighted by Gasteiger charge is -2.35. The Kier molecular flexibility index (Phi) is 5.89. The van der Waals surface area contributed by atoms with Crippen molar-refractivity contribution in [2.24, 2.45) is 5.41 Å². The van der Waals surface area contributed by atoms with Crippen LogP contribution in [0.25, 0.3) is 0 Å². The predicted molar refractivity (Wildman–Crippen MR) is 103 cm³/mol. The Morgan fingerprint density at radius 1 is 1.35 bits per heavy atom. The number of nitrogens with zero attached hydrogens (tertiary/aromatic N) is 1. The molecular formula is C18H24ClN3O3S. The SMILES string of the molecule is CC(C)(C)S(=O)(=O)Nc1ccc(Cl)cc1C(=O)NCCC1(C#N)CCC1. The number of hydrogen-bond acceptors (Lipinski definition) is 4. The minimum Gasteiger partial charge on any atom is -0.352 e. The van der Waals surface area contributed by atoms with Gasteiger partial charge in [0.1, 0.15) is 0 Å². The highest BCUT2D eigenvalue weighted by molar-refractivity contribution is 7.94. The number of sulfonamides is 1. The minimum absolute atomic E-state index is 0.157. The highest BCUT2D eigenvalue weighted by Crippen LogP contribution is 2.42. The maximum absolute atomic E-state index is 12.5. The van der Waals surface area contributed by atoms with E-state index in [1.807, 2.05) is 0 Å². The van der Waals surface area contributed by atoms with E-state index < -0.39 is 20.7 Å². The summed E-state index contributed by atoms with van der Waals surface area (Å²) in [5.41, 5.74) is 0.00329. The molecule has 1 amide bonds. The summed E-state index contributed by atoms with van der Waals surface area (Å²) < 4.78 is 26.3. The highest BCUT2D eigenvalue weighted by atomic mass is 35.5. The van der Waals surface area contributed by atoms with Gasteiger partial charge in [0.15, 0.2) is 0 Å². The van der Waals surface area contributed by atoms with Gasteiger partial charge in [0.05, 0.1) is 27.5 Å². The van der Waals surface area contributed by atoms with Crippen molar-refractivity contribution in [2.45, 2.75) is 51.2 Å². The van der Waals surface area contributed by atoms with Gasteiger partial charge in [0.25, 0.3) is 5.91 Å². The molecule has 26 heavy (non-hydrogen) atoms. The van der Waals surface area contributed by atoms with E-state index in [0.29, 0.717) is 18.0 Å². The Bertz CT molecular complexity index is 834. The Balaban J connectivity index is 2.14. The Morgan fingerprint density at radius 3 is 2.50 bits per heavy atom. The van der Waals surface area contributed by atoms with Gasteiger partial charge in [0, 0.05) is 11.6 Å². The number of benzene rings is 1. The van der Waals surface area contributed by atoms with Gasteiger partial charge in [-0.2, -0.15) is 5.26 Å². The van der Waals surface area contributed by atoms with Crippen LogP contribution in [-0.4, -0.2) is 25.6 Å². The molecule has 0 unspecified atom stereocenters. The lowest BCUT2D eigenvalue weighted by Crippen LogP contribution is -2.36. The van der Waals surface area contributed by atoms with Gasteiger partial charge in [-0.15, -0.1) is 0 Å². The zero-order valence-corrected chi connectivity index (χ0v) is 16.8. The number of anilines is 1. The third-order valence-corrected chi connectivity index (χ3v) is 7.05. The first-order valence-electron chi connectivity index (χ1n) is 8.51. The topological polar surface area (TPSA) is 99.1 Å². The van der Waals surface area contributed by atoms with Crippen LogP contribution in [0.2, 0.25) is 5.02 Å². The molecule has 0 heterocycles. The zero-order valence-electron chi connectivity index (χ0n) is 15.2. The maximum atomic E-state index is 12.5. The predicted octanol–water partition coefficient (Wildman–Crippen LogP) is 3.69. The average Bonchev–Trinajstić information content (AvgIpc) is 2.50. The molecule has 1 aromatic rings. The first-order valence-corrected chi connectivity index (χ1v) is 10.4. The molecule has 0 spiro atoms. The smallest absolute Gasteiger partial charge is 0.253 e. The summed E-state index contributed by atoms with van der Waals surface area (Å²) >= 11 is 5.98. The van der Waals surface area contributed by atoms with E-state index in [4.69, 9.17) is 11.6 Å². The van der Waals surface area contributed by atoms with Crippen molar-refractivity contribution < 1.29 is 13.2 Å². The number of nitriles is 1. The van der Waals surface area contributed by atoms with Gasteiger partial charge in [-0.3, -0.25) is 9.52 Å². The molecule has 1 aliphatic carbocycles. The van der Waals surface area contributed by atoms with Gasteiger partial charge in [-0.25, -0.2) is 8.42 Å². The van der Waals surface area contributed by atoms with E-state index in [1.54, 1.807) is 20.8 Å². The fourth-order valence-corrected chi connectivity index (χ4v) is 3.57. The second-order valence-corrected chi connectivity index (χ2v) is 10.5. The van der Waals surface area contributed by atoms with Gasteiger partial charge >= 0.3 is 0 Å². The molecule has 6 nitrogen and oxygen atoms in total. The average molecular weight is 398 g/mol. The second-order valence-electron chi connectivity index (χ2n) is 7.66. The number of rotatable bonds is 6. The molecule has 8 heteroatoms. The van der Waals surface area contributed by atoms with Crippen LogP contribution in [0.15, 0.2) is 18.2 Å². The van der Waals surface area contributed by atoms with Crippen molar-refractivity contribution in [1.82, 2.24) is 5.32 Å². The summed E-state index contributed by atoms with van der Waals surface area (Å²) in [4.78, 5) is 12.5. The van der Waals surface area contributed by atoms with Crippen LogP contribution >= 0.6 is 11.6 Å². The fourth-order valence-electron chi connectivity index (χ4n) is 2.62. The summed E-state index contributed by atoms with van der Waals surface area (Å²) in [5, 5.41) is 12.3. The summed E-state index contributed by atoms with van der Waals surface area (Å²) in [6, 6.07) is 6.77. The number of nitrogens with one attached hydrogen (secondary N) is 2. The van der Waals surface area contributed by atoms with E-state index in [2.05, 4.69) is 16.1 Å². The molecule has 1 aromatic carbocycles. The first kappa shape index (κ1) is 20.5. The van der Waals surface area contributed by atoms with Crippen molar-refractivity contribution in [2.75, 3.05) is 11.3 Å². The van der Waals surface area contributed by atoms with E-state index in [0.717, 1.165) is 19.3 Å². The maximum Gasteiger partial charge on any atom is 0.253 e. The molecule has 2 N–H and O–H groups in total. The molecule has 0 radical (unpaired) electrons. The van der Waals surface area contributed by atoms with Crippen LogP contribution in [0.5, 0.6) is 0 Å². The van der Waals surface area contributed by atoms with E-state index in [9.17, 15) is 18.5 Å². The van der Waals surface area contributed by atoms with Crippen LogP contribution in [0.3, 0.4) is 0 Å². The summed E-state index contributed by atoms with van der Waals surface area (Å²) in [6.45, 7) is 5.07. The quantitative estimate of drug-likeness (QED) is 0.764. The summed E-state index contributed by atoms with van der Waals surface area (Å²) in [7, 11) is -3.68. The van der Waals surface area contributed by atoms with Crippen molar-refractivity contribution in [3.63, 3.8) is 0 Å². The molecule has 0 aromatic heterocycles. The standard InChI is InChI=1S/C18H24ClN3O3S/c1-17(2,3)26(24,25)22-15-6-5-13(19)11-14(15)16(23)21-10-9-18(12-20)7-4-8-18/h5-6,11,22H,4,7-10H2,1-3H3,(H,21,23). The first-order chi connectivity index (χ1) is 12.0. The number of amides is 1. The van der Waals surface area contributed by atoms with Crippen LogP contribution in [0, 0.1) is 16.7 Å². The Morgan fingerprint density at radius 2 is 2.00 bits per heavy atom. The molecule has 2 rings (SSSR count). The zero-order chi connectivity index (χ0) is 19.6. The molecular weight excluding hydrogens is 374 g/mol. The Labute approximate surface area is 160 Å². The van der Waals surface area contributed by atoms with Crippen LogP contribution in [0.4, 0.5) is 5.69 Å². The normalized spacial score (nSPS) is 16.3. The second kappa shape index (κ2) is 7.45. The molecule has 1 fully saturated rings. The molecule has 1 saturated carbocycles. The lowest BCUT2D eigenvalue weighted by atomic mass is 9.68. The third-order valence-electron chi connectivity index (χ3n) is 4.71. The monoisotopic (exact) mass is 397 g/mol. The van der Waals surface area contributed by atoms with E-state index in [1.165, 1.54) is 18.2 Å². The fraction of sp³-hybridized carbons (Fsp3) is 0.556. The number of carbonyl (C=O) groups excluding carboxylic acids is 1. The van der Waals surface area contributed by atoms with Gasteiger partial charge in [-0.05, 0) is 58.2 Å². The highest BCUT2D eigenvalue weighted by Gasteiger charge is 2.36. The lowest BCUT2D eigenvalue weighted by molar-refractivity contribution is 0.0943. The molecule has 0 aliphatic heterocycles. The van der Waals surface area contributed by atoms with Crippen LogP contribution in [-0.2, 0) is 10.0 Å². The molecule has 0 bridgehead atoms. The van der Waals surface area contributed by atoms with Gasteiger partial charge in [-0.1, -0.05) is 18.0 Å². The third kappa shape index (κ3) is 4.49. The van der Waals surface area contributed by atoms with E-state index in [-0.39, 0.29) is 16.7 Å². The van der Waals surface area contributed by atoms with Crippen molar-refractivity contribution >= 4 is 33.2 Å². The van der Waals surface area contributed by atoms with Crippen LogP contribution in [0.1, 0.15) is 56.8 Å². The number of halogens is 1. The van der Waals surface area contributed by atoms with Crippen molar-refractivity contribution in [1.29, 1.82) is 5.26 Å².